The normalized spacial score (nSPS) is 14.4. The second-order valence-electron chi connectivity index (χ2n) is 9.48. The lowest BCUT2D eigenvalue weighted by atomic mass is 9.83. The average molecular weight is 578 g/mol. The molecule has 1 aliphatic heterocycles. The summed E-state index contributed by atoms with van der Waals surface area (Å²) >= 11 is 0. The molecule has 5 rings (SSSR count). The van der Waals surface area contributed by atoms with E-state index >= 15 is 0 Å². The van der Waals surface area contributed by atoms with Gasteiger partial charge in [-0.25, -0.2) is 9.59 Å². The molecule has 1 atom stereocenters. The van der Waals surface area contributed by atoms with E-state index in [9.17, 15) is 59.4 Å². The third-order valence-corrected chi connectivity index (χ3v) is 7.04. The van der Waals surface area contributed by atoms with E-state index in [1.54, 1.807) is 0 Å². The number of Topliss-reactive ketones (excluding diaryl/α,β-unsaturated/α-hetero) is 3. The van der Waals surface area contributed by atoms with Gasteiger partial charge in [-0.1, -0.05) is 0 Å². The van der Waals surface area contributed by atoms with Crippen LogP contribution in [-0.4, -0.2) is 66.5 Å². The number of aromatic hydroxyl groups is 4. The first-order chi connectivity index (χ1) is 19.7. The molecule has 0 fully saturated rings. The lowest BCUT2D eigenvalue weighted by molar-refractivity contribution is 0.0657. The summed E-state index contributed by atoms with van der Waals surface area (Å²) in [4.78, 5) is 77.2. The number of phenolic OH excluding ortho intramolecular Hbond substituents is 2. The van der Waals surface area contributed by atoms with Crippen LogP contribution in [0.15, 0.2) is 27.4 Å². The fourth-order valence-electron chi connectivity index (χ4n) is 5.11. The quantitative estimate of drug-likeness (QED) is 0.0863. The molecule has 2 heterocycles. The summed E-state index contributed by atoms with van der Waals surface area (Å²) in [6.07, 6.45) is 0. The maximum Gasteiger partial charge on any atom is 0.340 e. The number of phenols is 4. The molecule has 4 aromatic rings. The molecular weight excluding hydrogens is 560 g/mol. The Balaban J connectivity index is 1.78. The van der Waals surface area contributed by atoms with Crippen molar-refractivity contribution in [2.75, 3.05) is 6.61 Å². The number of ketones is 3. The first-order valence-corrected chi connectivity index (χ1v) is 11.9. The number of carbonyl (C=O) groups excluding carboxylic acids is 3. The minimum Gasteiger partial charge on any atom is -0.504 e. The molecule has 214 valence electrons. The van der Waals surface area contributed by atoms with E-state index in [0.29, 0.717) is 0 Å². The van der Waals surface area contributed by atoms with Crippen molar-refractivity contribution in [3.8, 4) is 28.7 Å². The zero-order valence-electron chi connectivity index (χ0n) is 21.5. The molecule has 0 radical (unpaired) electrons. The summed E-state index contributed by atoms with van der Waals surface area (Å²) in [7, 11) is 0. The Morgan fingerprint density at radius 3 is 2.05 bits per heavy atom. The van der Waals surface area contributed by atoms with Gasteiger partial charge >= 0.3 is 11.9 Å². The third kappa shape index (κ3) is 3.80. The summed E-state index contributed by atoms with van der Waals surface area (Å²) in [5, 5.41) is 58.1. The van der Waals surface area contributed by atoms with Crippen LogP contribution in [0.3, 0.4) is 0 Å². The van der Waals surface area contributed by atoms with Gasteiger partial charge in [-0.3, -0.25) is 19.2 Å². The predicted octanol–water partition coefficient (Wildman–Crippen LogP) is 2.75. The molecule has 0 saturated carbocycles. The molecule has 6 N–H and O–H groups in total. The number of hydrogen-bond acceptors (Lipinski definition) is 12. The molecule has 0 saturated heterocycles. The second kappa shape index (κ2) is 9.33. The van der Waals surface area contributed by atoms with Crippen LogP contribution >= 0.6 is 0 Å². The Labute approximate surface area is 232 Å². The molecule has 0 spiro atoms. The van der Waals surface area contributed by atoms with E-state index in [4.69, 9.17) is 9.15 Å². The van der Waals surface area contributed by atoms with Crippen molar-refractivity contribution in [1.29, 1.82) is 0 Å². The van der Waals surface area contributed by atoms with Gasteiger partial charge in [0.2, 0.25) is 5.43 Å². The molecule has 1 unspecified atom stereocenters. The van der Waals surface area contributed by atoms with Crippen LogP contribution in [-0.2, 0) is 0 Å². The van der Waals surface area contributed by atoms with Crippen LogP contribution in [0.4, 0.5) is 0 Å². The van der Waals surface area contributed by atoms with Crippen molar-refractivity contribution in [2.45, 2.75) is 13.8 Å². The van der Waals surface area contributed by atoms with E-state index in [1.807, 2.05) is 0 Å². The number of rotatable bonds is 5. The number of carboxylic acid groups (broad SMARTS) is 2. The monoisotopic (exact) mass is 578 g/mol. The zero-order valence-corrected chi connectivity index (χ0v) is 21.5. The van der Waals surface area contributed by atoms with Crippen LogP contribution < -0.4 is 10.2 Å². The Morgan fingerprint density at radius 1 is 0.857 bits per heavy atom. The number of aromatic carboxylic acids is 2. The minimum absolute atomic E-state index is 0.0467. The Morgan fingerprint density at radius 2 is 1.45 bits per heavy atom. The topological polar surface area (TPSA) is 246 Å². The van der Waals surface area contributed by atoms with Crippen LogP contribution in [0.1, 0.15) is 64.3 Å². The van der Waals surface area contributed by atoms with E-state index in [2.05, 4.69) is 0 Å². The van der Waals surface area contributed by atoms with Crippen LogP contribution in [0.25, 0.3) is 21.9 Å². The smallest absolute Gasteiger partial charge is 0.340 e. The van der Waals surface area contributed by atoms with Crippen molar-refractivity contribution in [3.05, 3.63) is 61.8 Å². The maximum atomic E-state index is 13.8. The maximum absolute atomic E-state index is 13.8. The summed E-state index contributed by atoms with van der Waals surface area (Å²) in [5.41, 5.74) is -5.27. The van der Waals surface area contributed by atoms with Crippen molar-refractivity contribution < 1.29 is 63.8 Å². The minimum atomic E-state index is -1.79. The van der Waals surface area contributed by atoms with Gasteiger partial charge in [0.15, 0.2) is 40.3 Å². The number of hydrogen-bond donors (Lipinski definition) is 6. The first-order valence-electron chi connectivity index (χ1n) is 11.9. The largest absolute Gasteiger partial charge is 0.504 e. The SMILES string of the molecule is CC(=O)c1c(C)c(C(=O)C2COc3cc(O)c(O)c(C(=O)O)c3C2=O)cc2c(=O)c3c(C(=O)O)c(O)c(O)cc3oc12. The molecule has 0 bridgehead atoms. The average Bonchev–Trinajstić information content (AvgIpc) is 2.90. The van der Waals surface area contributed by atoms with E-state index in [0.717, 1.165) is 25.1 Å². The molecule has 0 aliphatic carbocycles. The van der Waals surface area contributed by atoms with Crippen LogP contribution in [0.2, 0.25) is 0 Å². The Hall–Kier alpha value is -5.92. The van der Waals surface area contributed by atoms with Crippen molar-refractivity contribution in [1.82, 2.24) is 0 Å². The summed E-state index contributed by atoms with van der Waals surface area (Å²) in [5.74, 6) is -12.5. The van der Waals surface area contributed by atoms with E-state index in [-0.39, 0.29) is 22.3 Å². The molecule has 3 aromatic carbocycles. The van der Waals surface area contributed by atoms with Gasteiger partial charge in [-0.2, -0.15) is 0 Å². The number of carbonyl (C=O) groups is 5. The Bertz CT molecular complexity index is 2030. The highest BCUT2D eigenvalue weighted by Crippen LogP contribution is 2.42. The predicted molar refractivity (Wildman–Crippen MR) is 139 cm³/mol. The van der Waals surface area contributed by atoms with Gasteiger partial charge in [0.05, 0.1) is 21.9 Å². The fourth-order valence-corrected chi connectivity index (χ4v) is 5.11. The van der Waals surface area contributed by atoms with Gasteiger partial charge in [0, 0.05) is 17.7 Å². The lowest BCUT2D eigenvalue weighted by Gasteiger charge is -2.25. The summed E-state index contributed by atoms with van der Waals surface area (Å²) in [6.45, 7) is 1.78. The molecule has 1 aliphatic rings. The van der Waals surface area contributed by atoms with E-state index in [1.165, 1.54) is 6.92 Å². The first kappa shape index (κ1) is 27.6. The number of benzene rings is 3. The summed E-state index contributed by atoms with van der Waals surface area (Å²) in [6, 6.07) is 2.57. The molecule has 0 amide bonds. The fraction of sp³-hybridized carbons (Fsp3) is 0.143. The van der Waals surface area contributed by atoms with Crippen molar-refractivity contribution in [2.24, 2.45) is 5.92 Å². The zero-order chi connectivity index (χ0) is 30.9. The van der Waals surface area contributed by atoms with Crippen LogP contribution in [0.5, 0.6) is 28.7 Å². The van der Waals surface area contributed by atoms with Gasteiger partial charge in [-0.05, 0) is 25.5 Å². The van der Waals surface area contributed by atoms with Gasteiger partial charge in [0.25, 0.3) is 0 Å². The highest BCUT2D eigenvalue weighted by atomic mass is 16.5. The number of ether oxygens (including phenoxy) is 1. The van der Waals surface area contributed by atoms with Crippen LogP contribution in [0, 0.1) is 12.8 Å². The van der Waals surface area contributed by atoms with Gasteiger partial charge in [-0.15, -0.1) is 0 Å². The van der Waals surface area contributed by atoms with Crippen molar-refractivity contribution in [3.63, 3.8) is 0 Å². The third-order valence-electron chi connectivity index (χ3n) is 7.04. The summed E-state index contributed by atoms with van der Waals surface area (Å²) < 4.78 is 11.1. The highest BCUT2D eigenvalue weighted by molar-refractivity contribution is 6.23. The molecule has 1 aromatic heterocycles. The van der Waals surface area contributed by atoms with Gasteiger partial charge < -0.3 is 39.8 Å². The van der Waals surface area contributed by atoms with E-state index < -0.39 is 109 Å². The lowest BCUT2D eigenvalue weighted by Crippen LogP contribution is -2.36. The molecule has 14 nitrogen and oxygen atoms in total. The molecular formula is C28H18O14. The number of carboxylic acids is 2. The standard InChI is InChI=1S/C28H18O14/c1-7-9(21(32)11-6-41-14-4-12(30)24(35)19(27(37)38)17(14)23(11)34)3-10-22(33)18-15(42-26(10)16(7)8(2)29)5-13(31)25(36)20(18)28(39)40/h3-5,11,30-31,35-36H,6H2,1-2H3,(H,37,38)(H,39,40). The van der Waals surface area contributed by atoms with Gasteiger partial charge in [0.1, 0.15) is 40.6 Å². The highest BCUT2D eigenvalue weighted by Gasteiger charge is 2.41. The molecule has 14 heteroatoms. The number of fused-ring (bicyclic) bond motifs is 3. The van der Waals surface area contributed by atoms with Crippen molar-refractivity contribution >= 4 is 51.2 Å². The Kier molecular flexibility index (Phi) is 6.14. The molecule has 42 heavy (non-hydrogen) atoms. The second-order valence-corrected chi connectivity index (χ2v) is 9.48.